The van der Waals surface area contributed by atoms with E-state index >= 15 is 0 Å². The van der Waals surface area contributed by atoms with E-state index in [1.54, 1.807) is 23.1 Å². The fraction of sp³-hybridized carbons (Fsp3) is 0.467. The molecule has 0 radical (unpaired) electrons. The van der Waals surface area contributed by atoms with Gasteiger partial charge in [-0.1, -0.05) is 6.92 Å². The van der Waals surface area contributed by atoms with Crippen molar-refractivity contribution in [1.82, 2.24) is 4.90 Å². The number of carboxylic acid groups (broad SMARTS) is 1. The van der Waals surface area contributed by atoms with Crippen LogP contribution in [0.25, 0.3) is 0 Å². The van der Waals surface area contributed by atoms with E-state index in [0.717, 1.165) is 0 Å². The summed E-state index contributed by atoms with van der Waals surface area (Å²) in [4.78, 5) is 25.0. The highest BCUT2D eigenvalue weighted by Crippen LogP contribution is 2.34. The number of nitrogens with one attached hydrogen (secondary N) is 1. The van der Waals surface area contributed by atoms with E-state index in [0.29, 0.717) is 30.2 Å². The molecule has 2 N–H and O–H groups in total. The summed E-state index contributed by atoms with van der Waals surface area (Å²) in [5.74, 6) is 0.0415. The SMILES string of the molecule is CC1CC(C(=O)O)CN(C(=O)Nc2ccc3c(c2)OCO3)C1. The number of aliphatic carboxylic acids is 1. The van der Waals surface area contributed by atoms with Gasteiger partial charge in [0, 0.05) is 24.8 Å². The van der Waals surface area contributed by atoms with Crippen LogP contribution < -0.4 is 14.8 Å². The monoisotopic (exact) mass is 306 g/mol. The lowest BCUT2D eigenvalue weighted by Gasteiger charge is -2.34. The lowest BCUT2D eigenvalue weighted by molar-refractivity contribution is -0.143. The number of nitrogens with zero attached hydrogens (tertiary/aromatic N) is 1. The van der Waals surface area contributed by atoms with Crippen molar-refractivity contribution < 1.29 is 24.2 Å². The minimum Gasteiger partial charge on any atom is -0.481 e. The van der Waals surface area contributed by atoms with E-state index in [2.05, 4.69) is 5.32 Å². The Morgan fingerprint density at radius 3 is 2.82 bits per heavy atom. The van der Waals surface area contributed by atoms with Crippen molar-refractivity contribution in [1.29, 1.82) is 0 Å². The molecule has 118 valence electrons. The molecule has 7 nitrogen and oxygen atoms in total. The zero-order chi connectivity index (χ0) is 15.7. The first-order chi connectivity index (χ1) is 10.5. The van der Waals surface area contributed by atoms with Crippen LogP contribution in [-0.4, -0.2) is 41.9 Å². The van der Waals surface area contributed by atoms with Gasteiger partial charge in [-0.2, -0.15) is 0 Å². The summed E-state index contributed by atoms with van der Waals surface area (Å²) < 4.78 is 10.5. The van der Waals surface area contributed by atoms with Gasteiger partial charge in [-0.05, 0) is 24.5 Å². The number of carbonyl (C=O) groups excluding carboxylic acids is 1. The van der Waals surface area contributed by atoms with E-state index in [9.17, 15) is 9.59 Å². The molecule has 0 aliphatic carbocycles. The number of piperidine rings is 1. The Morgan fingerprint density at radius 2 is 2.05 bits per heavy atom. The Balaban J connectivity index is 1.67. The molecule has 1 aromatic rings. The van der Waals surface area contributed by atoms with E-state index < -0.39 is 11.9 Å². The standard InChI is InChI=1S/C15H18N2O5/c1-9-4-10(14(18)19)7-17(6-9)15(20)16-11-2-3-12-13(5-11)22-8-21-12/h2-3,5,9-10H,4,6-8H2,1H3,(H,16,20)(H,18,19). The molecule has 1 aromatic carbocycles. The molecule has 0 aromatic heterocycles. The first kappa shape index (κ1) is 14.5. The Kier molecular flexibility index (Phi) is 3.79. The number of anilines is 1. The number of amides is 2. The van der Waals surface area contributed by atoms with Gasteiger partial charge in [-0.3, -0.25) is 4.79 Å². The van der Waals surface area contributed by atoms with Gasteiger partial charge in [0.2, 0.25) is 6.79 Å². The van der Waals surface area contributed by atoms with Crippen LogP contribution in [0.2, 0.25) is 0 Å². The number of ether oxygens (including phenoxy) is 2. The summed E-state index contributed by atoms with van der Waals surface area (Å²) in [7, 11) is 0. The van der Waals surface area contributed by atoms with Crippen molar-refractivity contribution in [2.75, 3.05) is 25.2 Å². The number of carbonyl (C=O) groups is 2. The number of fused-ring (bicyclic) bond motifs is 1. The van der Waals surface area contributed by atoms with E-state index in [-0.39, 0.29) is 25.3 Å². The highest BCUT2D eigenvalue weighted by atomic mass is 16.7. The lowest BCUT2D eigenvalue weighted by Crippen LogP contribution is -2.47. The average Bonchev–Trinajstić information content (AvgIpc) is 2.94. The zero-order valence-electron chi connectivity index (χ0n) is 12.2. The minimum absolute atomic E-state index is 0.164. The fourth-order valence-electron chi connectivity index (χ4n) is 2.87. The number of benzene rings is 1. The van der Waals surface area contributed by atoms with Gasteiger partial charge < -0.3 is 24.8 Å². The smallest absolute Gasteiger partial charge is 0.321 e. The summed E-state index contributed by atoms with van der Waals surface area (Å²) in [5, 5.41) is 11.9. The van der Waals surface area contributed by atoms with E-state index in [1.165, 1.54) is 0 Å². The third kappa shape index (κ3) is 2.93. The molecule has 2 heterocycles. The van der Waals surface area contributed by atoms with Crippen LogP contribution in [0, 0.1) is 11.8 Å². The Morgan fingerprint density at radius 1 is 1.27 bits per heavy atom. The van der Waals surface area contributed by atoms with Crippen molar-refractivity contribution in [3.63, 3.8) is 0 Å². The second kappa shape index (κ2) is 5.75. The normalized spacial score (nSPS) is 23.2. The van der Waals surface area contributed by atoms with Crippen molar-refractivity contribution in [2.24, 2.45) is 11.8 Å². The molecule has 3 rings (SSSR count). The molecule has 1 fully saturated rings. The summed E-state index contributed by atoms with van der Waals surface area (Å²) in [5.41, 5.74) is 0.597. The van der Waals surface area contributed by atoms with Crippen LogP contribution in [0.5, 0.6) is 11.5 Å². The Labute approximate surface area is 127 Å². The molecular weight excluding hydrogens is 288 g/mol. The number of rotatable bonds is 2. The maximum Gasteiger partial charge on any atom is 0.321 e. The molecule has 0 bridgehead atoms. The lowest BCUT2D eigenvalue weighted by atomic mass is 9.91. The summed E-state index contributed by atoms with van der Waals surface area (Å²) in [6.45, 7) is 2.92. The van der Waals surface area contributed by atoms with Gasteiger partial charge in [0.05, 0.1) is 5.92 Å². The van der Waals surface area contributed by atoms with Gasteiger partial charge in [0.25, 0.3) is 0 Å². The molecule has 2 amide bonds. The molecule has 1 saturated heterocycles. The van der Waals surface area contributed by atoms with Crippen molar-refractivity contribution in [3.8, 4) is 11.5 Å². The van der Waals surface area contributed by atoms with Gasteiger partial charge in [0.1, 0.15) is 0 Å². The molecule has 2 aliphatic heterocycles. The van der Waals surface area contributed by atoms with Crippen molar-refractivity contribution in [3.05, 3.63) is 18.2 Å². The van der Waals surface area contributed by atoms with Crippen LogP contribution in [0.15, 0.2) is 18.2 Å². The third-order valence-corrected chi connectivity index (χ3v) is 3.92. The van der Waals surface area contributed by atoms with Crippen LogP contribution in [0.3, 0.4) is 0 Å². The molecule has 2 aliphatic rings. The minimum atomic E-state index is -0.854. The molecule has 0 saturated carbocycles. The van der Waals surface area contributed by atoms with Crippen molar-refractivity contribution in [2.45, 2.75) is 13.3 Å². The summed E-state index contributed by atoms with van der Waals surface area (Å²) >= 11 is 0. The predicted molar refractivity (Wildman–Crippen MR) is 78.1 cm³/mol. The largest absolute Gasteiger partial charge is 0.481 e. The van der Waals surface area contributed by atoms with Crippen LogP contribution >= 0.6 is 0 Å². The topological polar surface area (TPSA) is 88.1 Å². The van der Waals surface area contributed by atoms with Gasteiger partial charge in [0.15, 0.2) is 11.5 Å². The number of likely N-dealkylation sites (tertiary alicyclic amines) is 1. The van der Waals surface area contributed by atoms with Crippen molar-refractivity contribution >= 4 is 17.7 Å². The van der Waals surface area contributed by atoms with Crippen LogP contribution in [0.1, 0.15) is 13.3 Å². The summed E-state index contributed by atoms with van der Waals surface area (Å²) in [6.07, 6.45) is 0.600. The first-order valence-corrected chi connectivity index (χ1v) is 7.21. The Bertz CT molecular complexity index is 604. The maximum atomic E-state index is 12.3. The zero-order valence-corrected chi connectivity index (χ0v) is 12.2. The average molecular weight is 306 g/mol. The Hall–Kier alpha value is -2.44. The van der Waals surface area contributed by atoms with Gasteiger partial charge in [-0.15, -0.1) is 0 Å². The summed E-state index contributed by atoms with van der Waals surface area (Å²) in [6, 6.07) is 4.86. The molecule has 7 heteroatoms. The highest BCUT2D eigenvalue weighted by Gasteiger charge is 2.32. The number of hydrogen-bond donors (Lipinski definition) is 2. The molecular formula is C15H18N2O5. The van der Waals surface area contributed by atoms with E-state index in [4.69, 9.17) is 14.6 Å². The van der Waals surface area contributed by atoms with Gasteiger partial charge >= 0.3 is 12.0 Å². The molecule has 0 spiro atoms. The second-order valence-electron chi connectivity index (χ2n) is 5.78. The molecule has 2 atom stereocenters. The number of hydrogen-bond acceptors (Lipinski definition) is 4. The van der Waals surface area contributed by atoms with Crippen LogP contribution in [-0.2, 0) is 4.79 Å². The van der Waals surface area contributed by atoms with Gasteiger partial charge in [-0.25, -0.2) is 4.79 Å². The molecule has 2 unspecified atom stereocenters. The van der Waals surface area contributed by atoms with Crippen LogP contribution in [0.4, 0.5) is 10.5 Å². The second-order valence-corrected chi connectivity index (χ2v) is 5.78. The number of urea groups is 1. The maximum absolute atomic E-state index is 12.3. The fourth-order valence-corrected chi connectivity index (χ4v) is 2.87. The molecule has 22 heavy (non-hydrogen) atoms. The van der Waals surface area contributed by atoms with E-state index in [1.807, 2.05) is 6.92 Å². The first-order valence-electron chi connectivity index (χ1n) is 7.21. The third-order valence-electron chi connectivity index (χ3n) is 3.92. The predicted octanol–water partition coefficient (Wildman–Crippen LogP) is 1.99. The number of carboxylic acids is 1. The quantitative estimate of drug-likeness (QED) is 0.872. The highest BCUT2D eigenvalue weighted by molar-refractivity contribution is 5.90.